The number of aromatic carboxylic acids is 1. The predicted molar refractivity (Wildman–Crippen MR) is 64.6 cm³/mol. The molecule has 88 valence electrons. The van der Waals surface area contributed by atoms with E-state index in [-0.39, 0.29) is 5.56 Å². The van der Waals surface area contributed by atoms with Gasteiger partial charge in [-0.2, -0.15) is 0 Å². The smallest absolute Gasteiger partial charge is 0.337 e. The summed E-state index contributed by atoms with van der Waals surface area (Å²) in [6.07, 6.45) is 1.36. The van der Waals surface area contributed by atoms with Gasteiger partial charge in [-0.25, -0.2) is 4.79 Å². The fraction of sp³-hybridized carbons (Fsp3) is 0.231. The van der Waals surface area contributed by atoms with Crippen LogP contribution in [0.15, 0.2) is 24.4 Å². The average molecular weight is 231 g/mol. The summed E-state index contributed by atoms with van der Waals surface area (Å²) in [6, 6.07) is 5.34. The van der Waals surface area contributed by atoms with Crippen molar-refractivity contribution in [2.45, 2.75) is 13.8 Å². The summed E-state index contributed by atoms with van der Waals surface area (Å²) >= 11 is 0. The second kappa shape index (κ2) is 4.41. The van der Waals surface area contributed by atoms with Crippen molar-refractivity contribution in [1.29, 1.82) is 0 Å². The third-order valence-electron chi connectivity index (χ3n) is 2.52. The number of carboxylic acids is 1. The Bertz CT molecular complexity index is 578. The molecule has 1 heterocycles. The van der Waals surface area contributed by atoms with Crippen LogP contribution in [-0.2, 0) is 0 Å². The van der Waals surface area contributed by atoms with Crippen molar-refractivity contribution < 1.29 is 14.6 Å². The van der Waals surface area contributed by atoms with Gasteiger partial charge < -0.3 is 9.84 Å². The highest BCUT2D eigenvalue weighted by molar-refractivity contribution is 5.93. The zero-order valence-electron chi connectivity index (χ0n) is 9.73. The van der Waals surface area contributed by atoms with Gasteiger partial charge in [-0.1, -0.05) is 0 Å². The first-order chi connectivity index (χ1) is 8.11. The molecule has 17 heavy (non-hydrogen) atoms. The number of aromatic nitrogens is 1. The summed E-state index contributed by atoms with van der Waals surface area (Å²) in [7, 11) is 0. The third kappa shape index (κ3) is 2.20. The highest BCUT2D eigenvalue weighted by Gasteiger charge is 2.07. The first-order valence-corrected chi connectivity index (χ1v) is 5.38. The van der Waals surface area contributed by atoms with Crippen LogP contribution in [0.5, 0.6) is 5.75 Å². The molecule has 0 aliphatic rings. The fourth-order valence-corrected chi connectivity index (χ4v) is 1.70. The number of nitrogens with zero attached hydrogens (tertiary/aromatic N) is 1. The predicted octanol–water partition coefficient (Wildman–Crippen LogP) is 2.64. The molecule has 0 radical (unpaired) electrons. The summed E-state index contributed by atoms with van der Waals surface area (Å²) in [5.41, 5.74) is 1.91. The lowest BCUT2D eigenvalue weighted by molar-refractivity contribution is 0.0696. The molecular formula is C13H13NO3. The Morgan fingerprint density at radius 2 is 2.18 bits per heavy atom. The molecule has 1 aromatic heterocycles. The van der Waals surface area contributed by atoms with E-state index in [1.165, 1.54) is 6.20 Å². The highest BCUT2D eigenvalue weighted by Crippen LogP contribution is 2.24. The Morgan fingerprint density at radius 1 is 1.41 bits per heavy atom. The maximum atomic E-state index is 10.8. The summed E-state index contributed by atoms with van der Waals surface area (Å²) in [5, 5.41) is 9.70. The van der Waals surface area contributed by atoms with Gasteiger partial charge in [-0.3, -0.25) is 4.98 Å². The monoisotopic (exact) mass is 231 g/mol. The number of hydrogen-bond donors (Lipinski definition) is 1. The van der Waals surface area contributed by atoms with Gasteiger partial charge >= 0.3 is 5.97 Å². The van der Waals surface area contributed by atoms with Crippen LogP contribution in [0.25, 0.3) is 10.9 Å². The lowest BCUT2D eigenvalue weighted by Gasteiger charge is -2.08. The molecule has 2 aromatic rings. The number of carbonyl (C=O) groups is 1. The highest BCUT2D eigenvalue weighted by atomic mass is 16.5. The van der Waals surface area contributed by atoms with Gasteiger partial charge in [0.25, 0.3) is 0 Å². The number of benzene rings is 1. The summed E-state index contributed by atoms with van der Waals surface area (Å²) in [6.45, 7) is 4.45. The van der Waals surface area contributed by atoms with E-state index < -0.39 is 5.97 Å². The number of rotatable bonds is 3. The first-order valence-electron chi connectivity index (χ1n) is 5.38. The molecule has 1 aromatic carbocycles. The van der Waals surface area contributed by atoms with E-state index in [2.05, 4.69) is 4.98 Å². The molecule has 0 unspecified atom stereocenters. The molecule has 0 spiro atoms. The number of fused-ring (bicyclic) bond motifs is 1. The van der Waals surface area contributed by atoms with Gasteiger partial charge in [0.1, 0.15) is 5.75 Å². The Kier molecular flexibility index (Phi) is 2.95. The van der Waals surface area contributed by atoms with Gasteiger partial charge in [-0.05, 0) is 31.5 Å². The molecule has 0 aliphatic carbocycles. The van der Waals surface area contributed by atoms with Gasteiger partial charge in [0.05, 0.1) is 17.7 Å². The second-order valence-corrected chi connectivity index (χ2v) is 3.77. The second-order valence-electron chi connectivity index (χ2n) is 3.77. The Labute approximate surface area is 98.9 Å². The molecule has 0 amide bonds. The van der Waals surface area contributed by atoms with Crippen molar-refractivity contribution in [3.05, 3.63) is 35.5 Å². The minimum atomic E-state index is -0.967. The number of aryl methyl sites for hydroxylation is 1. The van der Waals surface area contributed by atoms with E-state index in [4.69, 9.17) is 9.84 Å². The summed E-state index contributed by atoms with van der Waals surface area (Å²) in [4.78, 5) is 15.0. The van der Waals surface area contributed by atoms with E-state index in [9.17, 15) is 4.79 Å². The maximum absolute atomic E-state index is 10.8. The van der Waals surface area contributed by atoms with Crippen LogP contribution in [0.4, 0.5) is 0 Å². The van der Waals surface area contributed by atoms with E-state index in [0.29, 0.717) is 6.61 Å². The van der Waals surface area contributed by atoms with Gasteiger partial charge in [0.2, 0.25) is 0 Å². The van der Waals surface area contributed by atoms with Crippen molar-refractivity contribution >= 4 is 16.9 Å². The molecule has 4 nitrogen and oxygen atoms in total. The van der Waals surface area contributed by atoms with E-state index in [0.717, 1.165) is 22.2 Å². The molecule has 0 saturated carbocycles. The molecule has 0 bridgehead atoms. The van der Waals surface area contributed by atoms with Gasteiger partial charge in [0, 0.05) is 17.6 Å². The van der Waals surface area contributed by atoms with Crippen LogP contribution in [-0.4, -0.2) is 22.7 Å². The minimum Gasteiger partial charge on any atom is -0.494 e. The SMILES string of the molecule is CCOc1cc2ncc(C(=O)O)cc2cc1C. The zero-order chi connectivity index (χ0) is 12.4. The molecule has 4 heteroatoms. The Morgan fingerprint density at radius 3 is 2.82 bits per heavy atom. The Hall–Kier alpha value is -2.10. The van der Waals surface area contributed by atoms with E-state index >= 15 is 0 Å². The minimum absolute atomic E-state index is 0.195. The zero-order valence-corrected chi connectivity index (χ0v) is 9.73. The molecule has 1 N–H and O–H groups in total. The maximum Gasteiger partial charge on any atom is 0.337 e. The van der Waals surface area contributed by atoms with Crippen LogP contribution >= 0.6 is 0 Å². The van der Waals surface area contributed by atoms with Crippen LogP contribution in [0.3, 0.4) is 0 Å². The fourth-order valence-electron chi connectivity index (χ4n) is 1.70. The van der Waals surface area contributed by atoms with Crippen LogP contribution in [0.2, 0.25) is 0 Å². The van der Waals surface area contributed by atoms with Crippen LogP contribution in [0, 0.1) is 6.92 Å². The first kappa shape index (κ1) is 11.4. The number of hydrogen-bond acceptors (Lipinski definition) is 3. The number of ether oxygens (including phenoxy) is 1. The van der Waals surface area contributed by atoms with E-state index in [1.54, 1.807) is 6.07 Å². The lowest BCUT2D eigenvalue weighted by Crippen LogP contribution is -1.98. The topological polar surface area (TPSA) is 59.4 Å². The standard InChI is InChI=1S/C13H13NO3/c1-3-17-12-6-11-9(4-8(12)2)5-10(7-14-11)13(15)16/h4-7H,3H2,1-2H3,(H,15,16). The van der Waals surface area contributed by atoms with Crippen molar-refractivity contribution in [3.63, 3.8) is 0 Å². The van der Waals surface area contributed by atoms with Gasteiger partial charge in [0.15, 0.2) is 0 Å². The molecular weight excluding hydrogens is 218 g/mol. The third-order valence-corrected chi connectivity index (χ3v) is 2.52. The molecule has 2 rings (SSSR count). The molecule has 0 saturated heterocycles. The quantitative estimate of drug-likeness (QED) is 0.882. The van der Waals surface area contributed by atoms with Crippen molar-refractivity contribution in [2.24, 2.45) is 0 Å². The molecule has 0 atom stereocenters. The largest absolute Gasteiger partial charge is 0.494 e. The van der Waals surface area contributed by atoms with Crippen molar-refractivity contribution in [2.75, 3.05) is 6.61 Å². The van der Waals surface area contributed by atoms with Crippen LogP contribution < -0.4 is 4.74 Å². The number of pyridine rings is 1. The normalized spacial score (nSPS) is 10.5. The van der Waals surface area contributed by atoms with Crippen LogP contribution in [0.1, 0.15) is 22.8 Å². The molecule has 0 aliphatic heterocycles. The van der Waals surface area contributed by atoms with Gasteiger partial charge in [-0.15, -0.1) is 0 Å². The number of carboxylic acid groups (broad SMARTS) is 1. The van der Waals surface area contributed by atoms with Crippen molar-refractivity contribution in [1.82, 2.24) is 4.98 Å². The summed E-state index contributed by atoms with van der Waals surface area (Å²) < 4.78 is 5.47. The van der Waals surface area contributed by atoms with Crippen molar-refractivity contribution in [3.8, 4) is 5.75 Å². The molecule has 0 fully saturated rings. The van der Waals surface area contributed by atoms with E-state index in [1.807, 2.05) is 26.0 Å². The summed E-state index contributed by atoms with van der Waals surface area (Å²) in [5.74, 6) is -0.179. The Balaban J connectivity index is 2.57. The average Bonchev–Trinajstić information content (AvgIpc) is 2.29. The lowest BCUT2D eigenvalue weighted by atomic mass is 10.1.